The molecule has 0 fully saturated rings. The van der Waals surface area contributed by atoms with Gasteiger partial charge in [0.05, 0.1) is 6.20 Å². The van der Waals surface area contributed by atoms with Gasteiger partial charge in [-0.3, -0.25) is 0 Å². The van der Waals surface area contributed by atoms with Gasteiger partial charge in [-0.2, -0.15) is 4.98 Å². The topological polar surface area (TPSA) is 29.0 Å². The van der Waals surface area contributed by atoms with Gasteiger partial charge in [0, 0.05) is 18.1 Å². The van der Waals surface area contributed by atoms with E-state index in [-0.39, 0.29) is 5.28 Å². The Labute approximate surface area is 124 Å². The van der Waals surface area contributed by atoms with E-state index in [2.05, 4.69) is 25.9 Å². The van der Waals surface area contributed by atoms with Crippen LogP contribution in [0.5, 0.6) is 0 Å². The molecular weight excluding hydrogens is 337 g/mol. The highest BCUT2D eigenvalue weighted by Crippen LogP contribution is 2.25. The van der Waals surface area contributed by atoms with Crippen molar-refractivity contribution in [3.05, 3.63) is 50.8 Å². The van der Waals surface area contributed by atoms with Crippen LogP contribution < -0.4 is 4.90 Å². The van der Waals surface area contributed by atoms with Crippen molar-refractivity contribution in [2.45, 2.75) is 6.54 Å². The maximum Gasteiger partial charge on any atom is 0.224 e. The Balaban J connectivity index is 2.25. The van der Waals surface area contributed by atoms with Crippen molar-refractivity contribution in [1.82, 2.24) is 9.97 Å². The van der Waals surface area contributed by atoms with Crippen molar-refractivity contribution in [2.24, 2.45) is 0 Å². The normalized spacial score (nSPS) is 10.4. The molecule has 0 saturated heterocycles. The first-order chi connectivity index (χ1) is 8.58. The second-order valence-electron chi connectivity index (χ2n) is 3.76. The second-order valence-corrected chi connectivity index (χ2v) is 5.36. The number of benzene rings is 1. The van der Waals surface area contributed by atoms with Gasteiger partial charge in [0.2, 0.25) is 5.28 Å². The Morgan fingerprint density at radius 2 is 2.00 bits per heavy atom. The highest BCUT2D eigenvalue weighted by molar-refractivity contribution is 9.10. The zero-order valence-corrected chi connectivity index (χ0v) is 12.7. The Kier molecular flexibility index (Phi) is 4.43. The molecule has 0 atom stereocenters. The fourth-order valence-electron chi connectivity index (χ4n) is 1.56. The molecule has 2 aromatic rings. The summed E-state index contributed by atoms with van der Waals surface area (Å²) in [5.74, 6) is 0.618. The van der Waals surface area contributed by atoms with Crippen molar-refractivity contribution in [2.75, 3.05) is 11.9 Å². The van der Waals surface area contributed by atoms with E-state index >= 15 is 0 Å². The molecule has 0 amide bonds. The third-order valence-corrected chi connectivity index (χ3v) is 3.65. The molecule has 0 N–H and O–H groups in total. The summed E-state index contributed by atoms with van der Waals surface area (Å²) in [7, 11) is 1.91. The van der Waals surface area contributed by atoms with E-state index in [4.69, 9.17) is 23.2 Å². The van der Waals surface area contributed by atoms with Crippen molar-refractivity contribution in [1.29, 1.82) is 0 Å². The number of halogens is 3. The molecule has 6 heteroatoms. The summed E-state index contributed by atoms with van der Waals surface area (Å²) >= 11 is 15.4. The van der Waals surface area contributed by atoms with E-state index in [0.29, 0.717) is 17.4 Å². The van der Waals surface area contributed by atoms with Gasteiger partial charge in [-0.25, -0.2) is 4.98 Å². The lowest BCUT2D eigenvalue weighted by atomic mass is 10.2. The third kappa shape index (κ3) is 3.13. The van der Waals surface area contributed by atoms with Crippen LogP contribution in [-0.4, -0.2) is 17.0 Å². The summed E-state index contributed by atoms with van der Waals surface area (Å²) < 4.78 is 1.05. The van der Waals surface area contributed by atoms with Gasteiger partial charge < -0.3 is 4.90 Å². The van der Waals surface area contributed by atoms with Crippen molar-refractivity contribution in [3.63, 3.8) is 0 Å². The molecular formula is C12H10BrCl2N3. The molecule has 0 aliphatic heterocycles. The molecule has 0 aliphatic carbocycles. The maximum atomic E-state index is 6.06. The summed E-state index contributed by atoms with van der Waals surface area (Å²) in [6, 6.07) is 8.00. The number of rotatable bonds is 3. The number of anilines is 1. The summed E-state index contributed by atoms with van der Waals surface area (Å²) in [4.78, 5) is 9.89. The van der Waals surface area contributed by atoms with Crippen LogP contribution in [0.25, 0.3) is 0 Å². The molecule has 2 rings (SSSR count). The van der Waals surface area contributed by atoms with Crippen LogP contribution in [0.2, 0.25) is 10.3 Å². The number of aromatic nitrogens is 2. The molecule has 18 heavy (non-hydrogen) atoms. The third-order valence-electron chi connectivity index (χ3n) is 2.42. The molecule has 0 unspecified atom stereocenters. The van der Waals surface area contributed by atoms with E-state index in [0.717, 1.165) is 10.0 Å². The van der Waals surface area contributed by atoms with Gasteiger partial charge in [0.25, 0.3) is 0 Å². The number of nitrogens with zero attached hydrogens (tertiary/aromatic N) is 3. The maximum absolute atomic E-state index is 6.06. The monoisotopic (exact) mass is 345 g/mol. The van der Waals surface area contributed by atoms with Gasteiger partial charge in [-0.15, -0.1) is 0 Å². The highest BCUT2D eigenvalue weighted by atomic mass is 79.9. The average Bonchev–Trinajstić information content (AvgIpc) is 2.35. The fourth-order valence-corrected chi connectivity index (χ4v) is 2.34. The molecule has 94 valence electrons. The van der Waals surface area contributed by atoms with E-state index in [1.807, 2.05) is 36.2 Å². The predicted octanol–water partition coefficient (Wildman–Crippen LogP) is 4.18. The van der Waals surface area contributed by atoms with Crippen LogP contribution in [0.15, 0.2) is 34.9 Å². The molecule has 0 aliphatic rings. The SMILES string of the molecule is CN(Cc1ccccc1Br)c1nc(Cl)ncc1Cl. The van der Waals surface area contributed by atoms with Crippen molar-refractivity contribution < 1.29 is 0 Å². The first-order valence-electron chi connectivity index (χ1n) is 5.20. The van der Waals surface area contributed by atoms with E-state index in [1.54, 1.807) is 0 Å². The molecule has 1 aromatic carbocycles. The van der Waals surface area contributed by atoms with Crippen molar-refractivity contribution in [3.8, 4) is 0 Å². The quantitative estimate of drug-likeness (QED) is 0.780. The predicted molar refractivity (Wildman–Crippen MR) is 78.3 cm³/mol. The Bertz CT molecular complexity index is 563. The molecule has 0 spiro atoms. The van der Waals surface area contributed by atoms with Crippen LogP contribution in [0.1, 0.15) is 5.56 Å². The van der Waals surface area contributed by atoms with Crippen LogP contribution in [0.3, 0.4) is 0 Å². The minimum Gasteiger partial charge on any atom is -0.354 e. The van der Waals surface area contributed by atoms with Gasteiger partial charge in [-0.1, -0.05) is 45.7 Å². The largest absolute Gasteiger partial charge is 0.354 e. The number of hydrogen-bond acceptors (Lipinski definition) is 3. The van der Waals surface area contributed by atoms with Gasteiger partial charge in [-0.05, 0) is 23.2 Å². The van der Waals surface area contributed by atoms with E-state index < -0.39 is 0 Å². The van der Waals surface area contributed by atoms with Gasteiger partial charge in [0.1, 0.15) is 5.02 Å². The summed E-state index contributed by atoms with van der Waals surface area (Å²) in [5, 5.41) is 0.669. The zero-order valence-electron chi connectivity index (χ0n) is 9.57. The van der Waals surface area contributed by atoms with E-state index in [1.165, 1.54) is 6.20 Å². The molecule has 1 aromatic heterocycles. The molecule has 1 heterocycles. The van der Waals surface area contributed by atoms with Crippen molar-refractivity contribution >= 4 is 44.9 Å². The van der Waals surface area contributed by atoms with Crippen LogP contribution in [0.4, 0.5) is 5.82 Å². The Morgan fingerprint density at radius 1 is 1.28 bits per heavy atom. The average molecular weight is 347 g/mol. The smallest absolute Gasteiger partial charge is 0.224 e. The lowest BCUT2D eigenvalue weighted by Gasteiger charge is -2.19. The fraction of sp³-hybridized carbons (Fsp3) is 0.167. The Hall–Kier alpha value is -0.840. The zero-order chi connectivity index (χ0) is 13.1. The Morgan fingerprint density at radius 3 is 2.72 bits per heavy atom. The molecule has 3 nitrogen and oxygen atoms in total. The molecule has 0 radical (unpaired) electrons. The van der Waals surface area contributed by atoms with Gasteiger partial charge in [0.15, 0.2) is 5.82 Å². The summed E-state index contributed by atoms with van der Waals surface area (Å²) in [6.07, 6.45) is 1.50. The first-order valence-corrected chi connectivity index (χ1v) is 6.75. The first kappa shape index (κ1) is 13.6. The standard InChI is InChI=1S/C12H10BrCl2N3/c1-18(7-8-4-2-3-5-9(8)13)11-10(14)6-16-12(15)17-11/h2-6H,7H2,1H3. The lowest BCUT2D eigenvalue weighted by Crippen LogP contribution is -2.18. The minimum absolute atomic E-state index is 0.188. The van der Waals surface area contributed by atoms with Gasteiger partial charge >= 0.3 is 0 Å². The molecule has 0 bridgehead atoms. The van der Waals surface area contributed by atoms with E-state index in [9.17, 15) is 0 Å². The van der Waals surface area contributed by atoms with Crippen LogP contribution in [-0.2, 0) is 6.54 Å². The molecule has 0 saturated carbocycles. The second kappa shape index (κ2) is 5.87. The summed E-state index contributed by atoms with van der Waals surface area (Å²) in [5.41, 5.74) is 1.14. The lowest BCUT2D eigenvalue weighted by molar-refractivity contribution is 0.887. The van der Waals surface area contributed by atoms with Crippen LogP contribution >= 0.6 is 39.1 Å². The number of hydrogen-bond donors (Lipinski definition) is 0. The highest BCUT2D eigenvalue weighted by Gasteiger charge is 2.11. The minimum atomic E-state index is 0.188. The van der Waals surface area contributed by atoms with Crippen LogP contribution in [0, 0.1) is 0 Å². The summed E-state index contributed by atoms with van der Waals surface area (Å²) in [6.45, 7) is 0.675.